The van der Waals surface area contributed by atoms with Crippen molar-refractivity contribution in [1.29, 1.82) is 0 Å². The van der Waals surface area contributed by atoms with Crippen LogP contribution in [0.2, 0.25) is 0 Å². The van der Waals surface area contributed by atoms with Crippen LogP contribution in [0.1, 0.15) is 26.2 Å². The molecule has 72 valence electrons. The van der Waals surface area contributed by atoms with E-state index in [-0.39, 0.29) is 5.91 Å². The smallest absolute Gasteiger partial charge is 0.216 e. The number of nitrogens with one attached hydrogen (secondary N) is 2. The maximum absolute atomic E-state index is 10.5. The molecule has 12 heavy (non-hydrogen) atoms. The Morgan fingerprint density at radius 2 is 2.17 bits per heavy atom. The Bertz CT molecular complexity index is 130. The van der Waals surface area contributed by atoms with E-state index in [0.717, 1.165) is 25.8 Å². The first-order chi connectivity index (χ1) is 5.66. The van der Waals surface area contributed by atoms with Gasteiger partial charge < -0.3 is 10.6 Å². The first kappa shape index (κ1) is 12.2. The summed E-state index contributed by atoms with van der Waals surface area (Å²) in [7, 11) is 1.96. The molecule has 3 nitrogen and oxygen atoms in total. The summed E-state index contributed by atoms with van der Waals surface area (Å²) in [5.74, 6) is 0.0645. The molecular weight excluding hydrogens is 267 g/mol. The van der Waals surface area contributed by atoms with E-state index < -0.39 is 0 Å². The standard InChI is InChI=1S/C8H17IN2O/c1-7(12)11-6-4-3-5-8(9)10-2/h8,10H,3-6H2,1-2H3,(H,11,12). The molecule has 0 heterocycles. The minimum absolute atomic E-state index is 0.0645. The van der Waals surface area contributed by atoms with Gasteiger partial charge in [-0.15, -0.1) is 0 Å². The minimum atomic E-state index is 0.0645. The van der Waals surface area contributed by atoms with E-state index in [0.29, 0.717) is 4.05 Å². The highest BCUT2D eigenvalue weighted by Gasteiger charge is 1.98. The van der Waals surface area contributed by atoms with E-state index in [1.807, 2.05) is 7.05 Å². The summed E-state index contributed by atoms with van der Waals surface area (Å²) < 4.78 is 0.555. The van der Waals surface area contributed by atoms with Crippen LogP contribution in [-0.4, -0.2) is 23.5 Å². The number of amides is 1. The predicted molar refractivity (Wildman–Crippen MR) is 59.4 cm³/mol. The fourth-order valence-electron chi connectivity index (χ4n) is 0.857. The van der Waals surface area contributed by atoms with Crippen molar-refractivity contribution in [2.24, 2.45) is 0 Å². The normalized spacial score (nSPS) is 12.6. The van der Waals surface area contributed by atoms with E-state index in [1.54, 1.807) is 6.92 Å². The van der Waals surface area contributed by atoms with Crippen molar-refractivity contribution in [1.82, 2.24) is 10.6 Å². The van der Waals surface area contributed by atoms with Crippen LogP contribution in [0, 0.1) is 0 Å². The number of rotatable bonds is 6. The Morgan fingerprint density at radius 3 is 2.67 bits per heavy atom. The average molecular weight is 284 g/mol. The Balaban J connectivity index is 3.05. The number of hydrogen-bond donors (Lipinski definition) is 2. The predicted octanol–water partition coefficient (Wildman–Crippen LogP) is 1.27. The first-order valence-electron chi connectivity index (χ1n) is 4.22. The van der Waals surface area contributed by atoms with Crippen molar-refractivity contribution in [2.75, 3.05) is 13.6 Å². The zero-order valence-corrected chi connectivity index (χ0v) is 9.85. The molecular formula is C8H17IN2O. The average Bonchev–Trinajstić information content (AvgIpc) is 2.03. The van der Waals surface area contributed by atoms with Gasteiger partial charge in [0.15, 0.2) is 0 Å². The zero-order chi connectivity index (χ0) is 9.40. The van der Waals surface area contributed by atoms with Crippen LogP contribution >= 0.6 is 22.6 Å². The third-order valence-electron chi connectivity index (χ3n) is 1.57. The molecule has 0 radical (unpaired) electrons. The van der Waals surface area contributed by atoms with Crippen molar-refractivity contribution in [3.8, 4) is 0 Å². The lowest BCUT2D eigenvalue weighted by molar-refractivity contribution is -0.118. The minimum Gasteiger partial charge on any atom is -0.356 e. The molecule has 0 aliphatic carbocycles. The van der Waals surface area contributed by atoms with Crippen molar-refractivity contribution in [3.05, 3.63) is 0 Å². The van der Waals surface area contributed by atoms with E-state index in [4.69, 9.17) is 0 Å². The fraction of sp³-hybridized carbons (Fsp3) is 0.875. The molecule has 0 rings (SSSR count). The van der Waals surface area contributed by atoms with Gasteiger partial charge in [-0.2, -0.15) is 0 Å². The van der Waals surface area contributed by atoms with Crippen LogP contribution in [0.15, 0.2) is 0 Å². The number of hydrogen-bond acceptors (Lipinski definition) is 2. The molecule has 0 saturated carbocycles. The van der Waals surface area contributed by atoms with Crippen molar-refractivity contribution < 1.29 is 4.79 Å². The van der Waals surface area contributed by atoms with Crippen LogP contribution in [0.5, 0.6) is 0 Å². The molecule has 0 aliphatic rings. The molecule has 0 aromatic heterocycles. The van der Waals surface area contributed by atoms with Gasteiger partial charge in [0, 0.05) is 13.5 Å². The van der Waals surface area contributed by atoms with Crippen molar-refractivity contribution in [2.45, 2.75) is 30.2 Å². The van der Waals surface area contributed by atoms with Gasteiger partial charge in [0.25, 0.3) is 0 Å². The molecule has 0 saturated heterocycles. The molecule has 0 aromatic carbocycles. The molecule has 1 amide bonds. The number of alkyl halides is 1. The van der Waals surface area contributed by atoms with E-state index in [2.05, 4.69) is 33.2 Å². The second-order valence-electron chi connectivity index (χ2n) is 2.73. The van der Waals surface area contributed by atoms with Crippen LogP contribution < -0.4 is 10.6 Å². The Labute approximate surface area is 87.8 Å². The number of carbonyl (C=O) groups is 1. The highest BCUT2D eigenvalue weighted by atomic mass is 127. The third-order valence-corrected chi connectivity index (χ3v) is 2.82. The maximum Gasteiger partial charge on any atom is 0.216 e. The van der Waals surface area contributed by atoms with Crippen LogP contribution in [0.3, 0.4) is 0 Å². The molecule has 1 unspecified atom stereocenters. The molecule has 2 N–H and O–H groups in total. The fourth-order valence-corrected chi connectivity index (χ4v) is 1.30. The van der Waals surface area contributed by atoms with Gasteiger partial charge in [-0.3, -0.25) is 4.79 Å². The van der Waals surface area contributed by atoms with E-state index in [9.17, 15) is 4.79 Å². The lowest BCUT2D eigenvalue weighted by atomic mass is 10.2. The third kappa shape index (κ3) is 8.26. The maximum atomic E-state index is 10.5. The molecule has 0 aromatic rings. The second kappa shape index (κ2) is 7.79. The van der Waals surface area contributed by atoms with E-state index in [1.165, 1.54) is 0 Å². The molecule has 1 atom stereocenters. The Morgan fingerprint density at radius 1 is 1.50 bits per heavy atom. The molecule has 0 fully saturated rings. The topological polar surface area (TPSA) is 41.1 Å². The summed E-state index contributed by atoms with van der Waals surface area (Å²) in [6, 6.07) is 0. The van der Waals surface area contributed by atoms with Crippen molar-refractivity contribution >= 4 is 28.5 Å². The Kier molecular flexibility index (Phi) is 7.89. The summed E-state index contributed by atoms with van der Waals surface area (Å²) in [6.07, 6.45) is 3.39. The number of halogens is 1. The summed E-state index contributed by atoms with van der Waals surface area (Å²) in [5.41, 5.74) is 0. The summed E-state index contributed by atoms with van der Waals surface area (Å²) in [5, 5.41) is 5.94. The lowest BCUT2D eigenvalue weighted by Crippen LogP contribution is -2.22. The molecule has 0 bridgehead atoms. The molecule has 0 spiro atoms. The van der Waals surface area contributed by atoms with Crippen LogP contribution in [-0.2, 0) is 4.79 Å². The second-order valence-corrected chi connectivity index (χ2v) is 4.24. The monoisotopic (exact) mass is 284 g/mol. The largest absolute Gasteiger partial charge is 0.356 e. The highest BCUT2D eigenvalue weighted by molar-refractivity contribution is 14.1. The van der Waals surface area contributed by atoms with Crippen LogP contribution in [0.4, 0.5) is 0 Å². The number of unbranched alkanes of at least 4 members (excludes halogenated alkanes) is 1. The summed E-state index contributed by atoms with van der Waals surface area (Å²) in [4.78, 5) is 10.5. The molecule has 4 heteroatoms. The summed E-state index contributed by atoms with van der Waals surface area (Å²) in [6.45, 7) is 2.36. The van der Waals surface area contributed by atoms with Crippen LogP contribution in [0.25, 0.3) is 0 Å². The SMILES string of the molecule is CNC(I)CCCCNC(C)=O. The van der Waals surface area contributed by atoms with Gasteiger partial charge in [0.05, 0.1) is 4.05 Å². The summed E-state index contributed by atoms with van der Waals surface area (Å²) >= 11 is 2.37. The van der Waals surface area contributed by atoms with Gasteiger partial charge >= 0.3 is 0 Å². The van der Waals surface area contributed by atoms with Crippen molar-refractivity contribution in [3.63, 3.8) is 0 Å². The van der Waals surface area contributed by atoms with Gasteiger partial charge in [0.1, 0.15) is 0 Å². The van der Waals surface area contributed by atoms with Gasteiger partial charge in [-0.05, 0) is 26.3 Å². The lowest BCUT2D eigenvalue weighted by Gasteiger charge is -2.07. The quantitative estimate of drug-likeness (QED) is 0.334. The zero-order valence-electron chi connectivity index (χ0n) is 7.69. The molecule has 0 aliphatic heterocycles. The van der Waals surface area contributed by atoms with E-state index >= 15 is 0 Å². The first-order valence-corrected chi connectivity index (χ1v) is 5.47. The van der Waals surface area contributed by atoms with Gasteiger partial charge in [-0.1, -0.05) is 22.6 Å². The Hall–Kier alpha value is 0.160. The van der Waals surface area contributed by atoms with Gasteiger partial charge in [-0.25, -0.2) is 0 Å². The highest BCUT2D eigenvalue weighted by Crippen LogP contribution is 2.05. The van der Waals surface area contributed by atoms with Gasteiger partial charge in [0.2, 0.25) is 5.91 Å². The number of carbonyl (C=O) groups excluding carboxylic acids is 1.